The van der Waals surface area contributed by atoms with Gasteiger partial charge in [0, 0.05) is 59.7 Å². The number of nitrogens with zero attached hydrogens (tertiary/aromatic N) is 5. The molecule has 8 nitrogen and oxygen atoms in total. The third-order valence-corrected chi connectivity index (χ3v) is 5.38. The van der Waals surface area contributed by atoms with Crippen molar-refractivity contribution in [3.8, 4) is 0 Å². The minimum atomic E-state index is -3.32. The van der Waals surface area contributed by atoms with Crippen molar-refractivity contribution in [1.29, 1.82) is 0 Å². The predicted octanol–water partition coefficient (Wildman–Crippen LogP) is -0.798. The molecular weight excluding hydrogens is 318 g/mol. The van der Waals surface area contributed by atoms with E-state index in [2.05, 4.69) is 9.88 Å². The third kappa shape index (κ3) is 4.52. The predicted molar refractivity (Wildman–Crippen MR) is 87.1 cm³/mol. The van der Waals surface area contributed by atoms with Crippen molar-refractivity contribution in [2.75, 3.05) is 46.5 Å². The first-order chi connectivity index (χ1) is 10.7. The lowest BCUT2D eigenvalue weighted by atomic mass is 10.1. The highest BCUT2D eigenvalue weighted by molar-refractivity contribution is 7.88. The Bertz CT molecular complexity index is 655. The fourth-order valence-electron chi connectivity index (χ4n) is 2.77. The fourth-order valence-corrected chi connectivity index (χ4v) is 3.63. The van der Waals surface area contributed by atoms with E-state index in [0.717, 1.165) is 5.82 Å². The standard InChI is InChI=1S/C14H25N5O3S/c1-16(2)14(20)12-9-18(11-13-15-5-6-17(13)3)7-8-19(10-12)23(4,21)22/h5-6,12H,7-11H2,1-4H3. The molecule has 23 heavy (non-hydrogen) atoms. The average molecular weight is 343 g/mol. The highest BCUT2D eigenvalue weighted by Crippen LogP contribution is 2.16. The maximum Gasteiger partial charge on any atom is 0.227 e. The average Bonchev–Trinajstić information content (AvgIpc) is 2.73. The highest BCUT2D eigenvalue weighted by Gasteiger charge is 2.32. The molecule has 1 aliphatic rings. The Hall–Kier alpha value is -1.45. The number of rotatable bonds is 4. The molecule has 1 unspecified atom stereocenters. The summed E-state index contributed by atoms with van der Waals surface area (Å²) in [5.74, 6) is 0.474. The largest absolute Gasteiger partial charge is 0.348 e. The maximum absolute atomic E-state index is 12.4. The second-order valence-corrected chi connectivity index (χ2v) is 8.22. The molecule has 1 amide bonds. The van der Waals surface area contributed by atoms with E-state index < -0.39 is 10.0 Å². The van der Waals surface area contributed by atoms with Gasteiger partial charge in [-0.3, -0.25) is 9.69 Å². The van der Waals surface area contributed by atoms with Gasteiger partial charge in [0.2, 0.25) is 15.9 Å². The molecule has 1 fully saturated rings. The first-order valence-corrected chi connectivity index (χ1v) is 9.38. The normalized spacial score (nSPS) is 21.1. The van der Waals surface area contributed by atoms with Crippen LogP contribution in [0.25, 0.3) is 0 Å². The number of carbonyl (C=O) groups is 1. The highest BCUT2D eigenvalue weighted by atomic mass is 32.2. The van der Waals surface area contributed by atoms with Crippen molar-refractivity contribution < 1.29 is 13.2 Å². The molecule has 130 valence electrons. The van der Waals surface area contributed by atoms with Gasteiger partial charge in [-0.15, -0.1) is 0 Å². The van der Waals surface area contributed by atoms with Crippen molar-refractivity contribution in [2.45, 2.75) is 6.54 Å². The SMILES string of the molecule is CN(C)C(=O)C1CN(Cc2nccn2C)CCN(S(C)(=O)=O)C1. The molecule has 0 N–H and O–H groups in total. The summed E-state index contributed by atoms with van der Waals surface area (Å²) >= 11 is 0. The van der Waals surface area contributed by atoms with Crippen molar-refractivity contribution in [3.05, 3.63) is 18.2 Å². The number of amides is 1. The van der Waals surface area contributed by atoms with Crippen LogP contribution in [0.3, 0.4) is 0 Å². The van der Waals surface area contributed by atoms with Crippen molar-refractivity contribution in [3.63, 3.8) is 0 Å². The molecular formula is C14H25N5O3S. The summed E-state index contributed by atoms with van der Waals surface area (Å²) < 4.78 is 27.2. The van der Waals surface area contributed by atoms with Crippen molar-refractivity contribution in [2.24, 2.45) is 13.0 Å². The molecule has 0 aliphatic carbocycles. The monoisotopic (exact) mass is 343 g/mol. The molecule has 1 aliphatic heterocycles. The van der Waals surface area contributed by atoms with E-state index in [0.29, 0.717) is 26.2 Å². The number of carbonyl (C=O) groups excluding carboxylic acids is 1. The summed E-state index contributed by atoms with van der Waals surface area (Å²) in [5, 5.41) is 0. The molecule has 1 aromatic heterocycles. The zero-order valence-electron chi connectivity index (χ0n) is 14.1. The van der Waals surface area contributed by atoms with Crippen LogP contribution >= 0.6 is 0 Å². The lowest BCUT2D eigenvalue weighted by Gasteiger charge is -2.25. The van der Waals surface area contributed by atoms with Crippen LogP contribution in [0.4, 0.5) is 0 Å². The Kier molecular flexibility index (Phi) is 5.43. The van der Waals surface area contributed by atoms with Crippen LogP contribution in [-0.2, 0) is 28.4 Å². The maximum atomic E-state index is 12.4. The van der Waals surface area contributed by atoms with Gasteiger partial charge in [0.15, 0.2) is 0 Å². The number of imidazole rings is 1. The zero-order chi connectivity index (χ0) is 17.2. The van der Waals surface area contributed by atoms with Crippen LogP contribution < -0.4 is 0 Å². The second-order valence-electron chi connectivity index (χ2n) is 6.24. The lowest BCUT2D eigenvalue weighted by molar-refractivity contribution is -0.133. The smallest absolute Gasteiger partial charge is 0.227 e. The summed E-state index contributed by atoms with van der Waals surface area (Å²) in [4.78, 5) is 20.3. The van der Waals surface area contributed by atoms with Gasteiger partial charge in [-0.1, -0.05) is 0 Å². The Morgan fingerprint density at radius 1 is 1.35 bits per heavy atom. The molecule has 0 bridgehead atoms. The summed E-state index contributed by atoms with van der Waals surface area (Å²) in [5.41, 5.74) is 0. The summed E-state index contributed by atoms with van der Waals surface area (Å²) in [6.45, 7) is 2.32. The van der Waals surface area contributed by atoms with E-state index in [1.807, 2.05) is 17.8 Å². The molecule has 1 atom stereocenters. The summed E-state index contributed by atoms with van der Waals surface area (Å²) in [6, 6.07) is 0. The van der Waals surface area contributed by atoms with Crippen LogP contribution in [0.1, 0.15) is 5.82 Å². The molecule has 2 rings (SSSR count). The molecule has 1 saturated heterocycles. The Morgan fingerprint density at radius 3 is 2.57 bits per heavy atom. The van der Waals surface area contributed by atoms with Crippen LogP contribution in [0, 0.1) is 5.92 Å². The number of sulfonamides is 1. The number of hydrogen-bond donors (Lipinski definition) is 0. The quantitative estimate of drug-likeness (QED) is 0.715. The Balaban J connectivity index is 2.19. The van der Waals surface area contributed by atoms with Gasteiger partial charge in [-0.25, -0.2) is 17.7 Å². The lowest BCUT2D eigenvalue weighted by Crippen LogP contribution is -2.41. The van der Waals surface area contributed by atoms with E-state index in [1.165, 1.54) is 15.5 Å². The minimum Gasteiger partial charge on any atom is -0.348 e. The van der Waals surface area contributed by atoms with Gasteiger partial charge in [0.25, 0.3) is 0 Å². The first kappa shape index (κ1) is 17.9. The van der Waals surface area contributed by atoms with E-state index >= 15 is 0 Å². The topological polar surface area (TPSA) is 78.8 Å². The Labute approximate surface area is 137 Å². The third-order valence-electron chi connectivity index (χ3n) is 4.11. The van der Waals surface area contributed by atoms with Gasteiger partial charge >= 0.3 is 0 Å². The summed E-state index contributed by atoms with van der Waals surface area (Å²) in [7, 11) is 1.99. The summed E-state index contributed by atoms with van der Waals surface area (Å²) in [6.07, 6.45) is 4.80. The fraction of sp³-hybridized carbons (Fsp3) is 0.714. The van der Waals surface area contributed by atoms with Crippen LogP contribution in [0.15, 0.2) is 12.4 Å². The van der Waals surface area contributed by atoms with Gasteiger partial charge in [-0.05, 0) is 0 Å². The number of hydrogen-bond acceptors (Lipinski definition) is 5. The van der Waals surface area contributed by atoms with E-state index in [4.69, 9.17) is 0 Å². The van der Waals surface area contributed by atoms with Crippen LogP contribution in [0.2, 0.25) is 0 Å². The zero-order valence-corrected chi connectivity index (χ0v) is 15.0. The van der Waals surface area contributed by atoms with E-state index in [1.54, 1.807) is 20.3 Å². The van der Waals surface area contributed by atoms with Gasteiger partial charge in [0.1, 0.15) is 5.82 Å². The molecule has 0 radical (unpaired) electrons. The van der Waals surface area contributed by atoms with Crippen molar-refractivity contribution in [1.82, 2.24) is 23.7 Å². The molecule has 1 aromatic rings. The number of aryl methyl sites for hydroxylation is 1. The van der Waals surface area contributed by atoms with Gasteiger partial charge < -0.3 is 9.47 Å². The van der Waals surface area contributed by atoms with E-state index in [9.17, 15) is 13.2 Å². The molecule has 9 heteroatoms. The van der Waals surface area contributed by atoms with Gasteiger partial charge in [0.05, 0.1) is 18.7 Å². The second kappa shape index (κ2) is 6.98. The Morgan fingerprint density at radius 2 is 2.04 bits per heavy atom. The van der Waals surface area contributed by atoms with E-state index in [-0.39, 0.29) is 18.4 Å². The van der Waals surface area contributed by atoms with Crippen LogP contribution in [0.5, 0.6) is 0 Å². The van der Waals surface area contributed by atoms with Gasteiger partial charge in [-0.2, -0.15) is 0 Å². The molecule has 0 spiro atoms. The minimum absolute atomic E-state index is 0.0506. The molecule has 0 saturated carbocycles. The van der Waals surface area contributed by atoms with Crippen LogP contribution in [-0.4, -0.2) is 84.5 Å². The first-order valence-electron chi connectivity index (χ1n) is 7.53. The molecule has 0 aromatic carbocycles. The molecule has 2 heterocycles. The van der Waals surface area contributed by atoms with Crippen molar-refractivity contribution >= 4 is 15.9 Å². The number of aromatic nitrogens is 2.